The normalized spacial score (nSPS) is 12.0. The molecule has 2 aromatic rings. The van der Waals surface area contributed by atoms with E-state index in [1.165, 1.54) is 6.33 Å². The van der Waals surface area contributed by atoms with Crippen molar-refractivity contribution >= 4 is 29.1 Å². The van der Waals surface area contributed by atoms with Gasteiger partial charge in [0.25, 0.3) is 0 Å². The summed E-state index contributed by atoms with van der Waals surface area (Å²) in [6.45, 7) is 2.06. The highest BCUT2D eigenvalue weighted by molar-refractivity contribution is 6.42. The van der Waals surface area contributed by atoms with Crippen LogP contribution < -0.4 is 10.1 Å². The summed E-state index contributed by atoms with van der Waals surface area (Å²) in [5, 5.41) is 10.1. The minimum absolute atomic E-state index is 0.140. The van der Waals surface area contributed by atoms with E-state index in [1.807, 2.05) is 6.92 Å². The average Bonchev–Trinajstić information content (AvgIpc) is 2.97. The molecule has 2 rings (SSSR count). The quantitative estimate of drug-likeness (QED) is 0.854. The number of benzene rings is 1. The number of aromatic amines is 1. The number of ether oxygens (including phenoxy) is 1. The minimum Gasteiger partial charge on any atom is -0.493 e. The van der Waals surface area contributed by atoms with Crippen molar-refractivity contribution in [1.82, 2.24) is 20.5 Å². The summed E-state index contributed by atoms with van der Waals surface area (Å²) >= 11 is 11.7. The number of halogens is 2. The molecule has 0 fully saturated rings. The van der Waals surface area contributed by atoms with Gasteiger partial charge in [0.2, 0.25) is 5.91 Å². The Morgan fingerprint density at radius 3 is 2.90 bits per heavy atom. The Morgan fingerprint density at radius 1 is 1.43 bits per heavy atom. The summed E-state index contributed by atoms with van der Waals surface area (Å²) in [6.07, 6.45) is 1.62. The van der Waals surface area contributed by atoms with Crippen LogP contribution in [0.4, 0.5) is 0 Å². The number of carbonyl (C=O) groups excluding carboxylic acids is 1. The molecule has 0 saturated carbocycles. The van der Waals surface area contributed by atoms with Crippen LogP contribution in [0.25, 0.3) is 0 Å². The van der Waals surface area contributed by atoms with E-state index in [0.29, 0.717) is 21.6 Å². The van der Waals surface area contributed by atoms with Gasteiger partial charge in [0, 0.05) is 6.07 Å². The van der Waals surface area contributed by atoms with Crippen LogP contribution in [0.15, 0.2) is 24.5 Å². The zero-order valence-electron chi connectivity index (χ0n) is 11.3. The van der Waals surface area contributed by atoms with Gasteiger partial charge in [0.05, 0.1) is 29.1 Å². The fraction of sp³-hybridized carbons (Fsp3) is 0.308. The predicted octanol–water partition coefficient (Wildman–Crippen LogP) is 2.76. The molecular weight excluding hydrogens is 315 g/mol. The third kappa shape index (κ3) is 4.61. The van der Waals surface area contributed by atoms with Crippen LogP contribution in [0.2, 0.25) is 10.0 Å². The van der Waals surface area contributed by atoms with Crippen LogP contribution in [-0.4, -0.2) is 27.7 Å². The predicted molar refractivity (Wildman–Crippen MR) is 79.5 cm³/mol. The molecule has 8 heteroatoms. The standard InChI is InChI=1S/C13H14Cl2N4O2/c1-8(13-16-7-17-19-13)18-12(20)4-5-21-9-2-3-10(14)11(15)6-9/h2-3,6-8H,4-5H2,1H3,(H,18,20)(H,16,17,19). The maximum absolute atomic E-state index is 11.8. The molecule has 1 atom stereocenters. The van der Waals surface area contributed by atoms with Gasteiger partial charge >= 0.3 is 0 Å². The Kier molecular flexibility index (Phi) is 5.41. The Hall–Kier alpha value is -1.79. The molecule has 1 unspecified atom stereocenters. The molecule has 1 aromatic heterocycles. The van der Waals surface area contributed by atoms with Crippen molar-refractivity contribution < 1.29 is 9.53 Å². The summed E-state index contributed by atoms with van der Waals surface area (Å²) in [6, 6.07) is 4.72. The lowest BCUT2D eigenvalue weighted by Crippen LogP contribution is -2.28. The molecule has 0 spiro atoms. The third-order valence-corrected chi connectivity index (χ3v) is 3.45. The van der Waals surface area contributed by atoms with Crippen molar-refractivity contribution in [2.75, 3.05) is 6.61 Å². The third-order valence-electron chi connectivity index (χ3n) is 2.71. The molecule has 0 aliphatic heterocycles. The topological polar surface area (TPSA) is 79.9 Å². The average molecular weight is 329 g/mol. The molecule has 6 nitrogen and oxygen atoms in total. The molecule has 1 amide bonds. The first-order chi connectivity index (χ1) is 10.1. The van der Waals surface area contributed by atoms with E-state index < -0.39 is 0 Å². The molecule has 0 aliphatic rings. The highest BCUT2D eigenvalue weighted by Crippen LogP contribution is 2.26. The lowest BCUT2D eigenvalue weighted by atomic mass is 10.3. The van der Waals surface area contributed by atoms with E-state index in [0.717, 1.165) is 0 Å². The first-order valence-corrected chi connectivity index (χ1v) is 7.04. The van der Waals surface area contributed by atoms with Crippen molar-refractivity contribution in [3.63, 3.8) is 0 Å². The Morgan fingerprint density at radius 2 is 2.24 bits per heavy atom. The lowest BCUT2D eigenvalue weighted by molar-refractivity contribution is -0.122. The van der Waals surface area contributed by atoms with Crippen LogP contribution in [-0.2, 0) is 4.79 Å². The van der Waals surface area contributed by atoms with E-state index >= 15 is 0 Å². The Bertz CT molecular complexity index is 604. The maximum atomic E-state index is 11.8. The number of nitrogens with one attached hydrogen (secondary N) is 2. The number of nitrogens with zero attached hydrogens (tertiary/aromatic N) is 2. The van der Waals surface area contributed by atoms with Gasteiger partial charge in [-0.05, 0) is 19.1 Å². The SMILES string of the molecule is CC(NC(=O)CCOc1ccc(Cl)c(Cl)c1)c1ncn[nH]1. The number of hydrogen-bond donors (Lipinski definition) is 2. The Labute approximate surface area is 131 Å². The minimum atomic E-state index is -0.232. The van der Waals surface area contributed by atoms with Crippen molar-refractivity contribution in [2.45, 2.75) is 19.4 Å². The van der Waals surface area contributed by atoms with Crippen LogP contribution in [0.3, 0.4) is 0 Å². The number of carbonyl (C=O) groups is 1. The van der Waals surface area contributed by atoms with Gasteiger partial charge in [-0.2, -0.15) is 5.10 Å². The first-order valence-electron chi connectivity index (χ1n) is 6.28. The second-order valence-electron chi connectivity index (χ2n) is 4.33. The highest BCUT2D eigenvalue weighted by atomic mass is 35.5. The molecule has 0 bridgehead atoms. The van der Waals surface area contributed by atoms with E-state index in [2.05, 4.69) is 20.5 Å². The molecule has 1 heterocycles. The molecular formula is C13H14Cl2N4O2. The molecule has 21 heavy (non-hydrogen) atoms. The van der Waals surface area contributed by atoms with E-state index in [-0.39, 0.29) is 25.0 Å². The molecule has 0 radical (unpaired) electrons. The Balaban J connectivity index is 1.75. The smallest absolute Gasteiger partial charge is 0.224 e. The largest absolute Gasteiger partial charge is 0.493 e. The van der Waals surface area contributed by atoms with Gasteiger partial charge < -0.3 is 10.1 Å². The van der Waals surface area contributed by atoms with Gasteiger partial charge in [-0.3, -0.25) is 9.89 Å². The van der Waals surface area contributed by atoms with Crippen LogP contribution in [0.1, 0.15) is 25.2 Å². The zero-order valence-corrected chi connectivity index (χ0v) is 12.8. The monoisotopic (exact) mass is 328 g/mol. The zero-order chi connectivity index (χ0) is 15.2. The van der Waals surface area contributed by atoms with Gasteiger partial charge in [0.1, 0.15) is 17.9 Å². The number of hydrogen-bond acceptors (Lipinski definition) is 4. The number of aromatic nitrogens is 3. The number of rotatable bonds is 6. The molecule has 112 valence electrons. The number of H-pyrrole nitrogens is 1. The van der Waals surface area contributed by atoms with Gasteiger partial charge in [-0.15, -0.1) is 0 Å². The maximum Gasteiger partial charge on any atom is 0.224 e. The molecule has 0 saturated heterocycles. The second kappa shape index (κ2) is 7.28. The molecule has 1 aromatic carbocycles. The van der Waals surface area contributed by atoms with Gasteiger partial charge in [0.15, 0.2) is 0 Å². The fourth-order valence-corrected chi connectivity index (χ4v) is 1.92. The second-order valence-corrected chi connectivity index (χ2v) is 5.15. The summed E-state index contributed by atoms with van der Waals surface area (Å²) in [5.41, 5.74) is 0. The lowest BCUT2D eigenvalue weighted by Gasteiger charge is -2.11. The van der Waals surface area contributed by atoms with Crippen molar-refractivity contribution in [2.24, 2.45) is 0 Å². The highest BCUT2D eigenvalue weighted by Gasteiger charge is 2.11. The fourth-order valence-electron chi connectivity index (χ4n) is 1.63. The molecule has 0 aliphatic carbocycles. The van der Waals surface area contributed by atoms with E-state index in [4.69, 9.17) is 27.9 Å². The van der Waals surface area contributed by atoms with Crippen molar-refractivity contribution in [1.29, 1.82) is 0 Å². The van der Waals surface area contributed by atoms with Gasteiger partial charge in [-0.25, -0.2) is 4.98 Å². The summed E-state index contributed by atoms with van der Waals surface area (Å²) < 4.78 is 5.45. The van der Waals surface area contributed by atoms with Crippen LogP contribution >= 0.6 is 23.2 Å². The van der Waals surface area contributed by atoms with E-state index in [9.17, 15) is 4.79 Å². The summed E-state index contributed by atoms with van der Waals surface area (Å²) in [7, 11) is 0. The van der Waals surface area contributed by atoms with Crippen molar-refractivity contribution in [3.8, 4) is 5.75 Å². The van der Waals surface area contributed by atoms with Gasteiger partial charge in [-0.1, -0.05) is 23.2 Å². The summed E-state index contributed by atoms with van der Waals surface area (Å²) in [4.78, 5) is 15.7. The summed E-state index contributed by atoms with van der Waals surface area (Å²) in [5.74, 6) is 1.04. The first kappa shape index (κ1) is 15.6. The van der Waals surface area contributed by atoms with Crippen LogP contribution in [0, 0.1) is 0 Å². The van der Waals surface area contributed by atoms with Crippen molar-refractivity contribution in [3.05, 3.63) is 40.4 Å². The number of amides is 1. The molecule has 2 N–H and O–H groups in total. The van der Waals surface area contributed by atoms with Crippen LogP contribution in [0.5, 0.6) is 5.75 Å². The van der Waals surface area contributed by atoms with E-state index in [1.54, 1.807) is 18.2 Å².